The number of carbonyl (C=O) groups excluding carboxylic acids is 2. The molecule has 1 amide bonds. The van der Waals surface area contributed by atoms with Gasteiger partial charge in [-0.05, 0) is 24.6 Å². The third-order valence-electron chi connectivity index (χ3n) is 7.94. The highest BCUT2D eigenvalue weighted by Crippen LogP contribution is 2.70. The van der Waals surface area contributed by atoms with Crippen molar-refractivity contribution in [3.8, 4) is 5.75 Å². The Morgan fingerprint density at radius 2 is 1.70 bits per heavy atom. The normalized spacial score (nSPS) is 31.5. The van der Waals surface area contributed by atoms with Crippen molar-refractivity contribution < 1.29 is 14.3 Å². The van der Waals surface area contributed by atoms with Crippen molar-refractivity contribution in [1.29, 1.82) is 0 Å². The number of ether oxygens (including phenoxy) is 1. The molecule has 4 atom stereocenters. The van der Waals surface area contributed by atoms with E-state index in [0.717, 1.165) is 33.7 Å². The van der Waals surface area contributed by atoms with Gasteiger partial charge >= 0.3 is 5.97 Å². The van der Waals surface area contributed by atoms with Gasteiger partial charge in [0.1, 0.15) is 11.2 Å². The molecule has 7 rings (SSSR count). The van der Waals surface area contributed by atoms with E-state index in [1.54, 1.807) is 0 Å². The number of benzene rings is 3. The van der Waals surface area contributed by atoms with Gasteiger partial charge in [-0.1, -0.05) is 66.2 Å². The van der Waals surface area contributed by atoms with Crippen LogP contribution in [0.15, 0.2) is 72.8 Å². The number of nitrogens with one attached hydrogen (secondary N) is 1. The summed E-state index contributed by atoms with van der Waals surface area (Å²) in [6, 6.07) is 23.9. The standard InChI is InChI=1S/C27H22N2O3S/c1-16-10-12-17(13-11-16)23-21-14-33-15-29(21)27(18-6-2-4-8-20(18)28-24(27)30)26(23)19-7-3-5-9-22(19)32-25(26)31/h2-13,21,23H,14-15H2,1H3,(H,28,30)/t21-,23-,26-,27-/m1/s1. The molecule has 0 bridgehead atoms. The number of hydrogen-bond acceptors (Lipinski definition) is 5. The summed E-state index contributed by atoms with van der Waals surface area (Å²) in [5, 5.41) is 3.13. The SMILES string of the molecule is Cc1ccc([C@@H]2[C@H]3CSCN3[C@]3(C(=O)Nc4ccccc43)[C@@]23C(=O)Oc2ccccc23)cc1. The lowest BCUT2D eigenvalue weighted by Crippen LogP contribution is -2.61. The maximum atomic E-state index is 14.2. The van der Waals surface area contributed by atoms with E-state index in [1.807, 2.05) is 60.3 Å². The Morgan fingerprint density at radius 3 is 2.52 bits per heavy atom. The van der Waals surface area contributed by atoms with Crippen LogP contribution < -0.4 is 10.1 Å². The van der Waals surface area contributed by atoms with Gasteiger partial charge in [-0.15, -0.1) is 11.8 Å². The molecular formula is C27H22N2O3S. The molecule has 2 spiro atoms. The first-order valence-corrected chi connectivity index (χ1v) is 12.4. The van der Waals surface area contributed by atoms with Crippen LogP contribution in [0.5, 0.6) is 5.75 Å². The molecule has 3 aromatic rings. The predicted octanol–water partition coefficient (Wildman–Crippen LogP) is 4.17. The van der Waals surface area contributed by atoms with E-state index >= 15 is 0 Å². The van der Waals surface area contributed by atoms with E-state index in [9.17, 15) is 9.59 Å². The van der Waals surface area contributed by atoms with Crippen molar-refractivity contribution in [1.82, 2.24) is 4.90 Å². The van der Waals surface area contributed by atoms with Gasteiger partial charge < -0.3 is 10.1 Å². The van der Waals surface area contributed by atoms with Crippen molar-refractivity contribution in [3.63, 3.8) is 0 Å². The number of thioether (sulfide) groups is 1. The lowest BCUT2D eigenvalue weighted by atomic mass is 9.57. The summed E-state index contributed by atoms with van der Waals surface area (Å²) in [7, 11) is 0. The number of anilines is 1. The third-order valence-corrected chi connectivity index (χ3v) is 8.98. The Labute approximate surface area is 196 Å². The molecule has 3 aromatic carbocycles. The van der Waals surface area contributed by atoms with Gasteiger partial charge in [-0.25, -0.2) is 0 Å². The first kappa shape index (κ1) is 19.4. The number of amides is 1. The van der Waals surface area contributed by atoms with Crippen LogP contribution in [0.1, 0.15) is 28.2 Å². The number of para-hydroxylation sites is 2. The fraction of sp³-hybridized carbons (Fsp3) is 0.259. The summed E-state index contributed by atoms with van der Waals surface area (Å²) < 4.78 is 5.98. The molecule has 164 valence electrons. The lowest BCUT2D eigenvalue weighted by Gasteiger charge is -2.42. The zero-order chi connectivity index (χ0) is 22.4. The second-order valence-electron chi connectivity index (χ2n) is 9.33. The molecule has 33 heavy (non-hydrogen) atoms. The van der Waals surface area contributed by atoms with E-state index < -0.39 is 11.0 Å². The summed E-state index contributed by atoms with van der Waals surface area (Å²) in [5.41, 5.74) is 2.34. The quantitative estimate of drug-likeness (QED) is 0.442. The predicted molar refractivity (Wildman–Crippen MR) is 127 cm³/mol. The molecule has 4 aliphatic rings. The number of aryl methyl sites for hydroxylation is 1. The van der Waals surface area contributed by atoms with Crippen LogP contribution in [0, 0.1) is 6.92 Å². The Bertz CT molecular complexity index is 1340. The zero-order valence-corrected chi connectivity index (χ0v) is 18.9. The smallest absolute Gasteiger partial charge is 0.325 e. The summed E-state index contributed by atoms with van der Waals surface area (Å²) in [6.07, 6.45) is 0. The second kappa shape index (κ2) is 6.49. The molecule has 0 aliphatic carbocycles. The van der Waals surface area contributed by atoms with Crippen molar-refractivity contribution in [2.75, 3.05) is 16.9 Å². The highest BCUT2D eigenvalue weighted by Gasteiger charge is 2.81. The van der Waals surface area contributed by atoms with Crippen molar-refractivity contribution in [3.05, 3.63) is 95.1 Å². The van der Waals surface area contributed by atoms with Crippen LogP contribution in [0.3, 0.4) is 0 Å². The average Bonchev–Trinajstić information content (AvgIpc) is 3.53. The Kier molecular flexibility index (Phi) is 3.81. The first-order valence-electron chi connectivity index (χ1n) is 11.2. The Hall–Kier alpha value is -3.09. The number of nitrogens with zero attached hydrogens (tertiary/aromatic N) is 1. The fourth-order valence-corrected chi connectivity index (χ4v) is 8.09. The number of carbonyl (C=O) groups is 2. The largest absolute Gasteiger partial charge is 0.425 e. The molecule has 6 heteroatoms. The Morgan fingerprint density at radius 1 is 0.970 bits per heavy atom. The fourth-order valence-electron chi connectivity index (χ4n) is 6.79. The molecule has 2 fully saturated rings. The van der Waals surface area contributed by atoms with E-state index in [1.165, 1.54) is 0 Å². The van der Waals surface area contributed by atoms with E-state index in [-0.39, 0.29) is 23.8 Å². The van der Waals surface area contributed by atoms with Crippen LogP contribution in [0.25, 0.3) is 0 Å². The second-order valence-corrected chi connectivity index (χ2v) is 10.3. The van der Waals surface area contributed by atoms with Crippen LogP contribution in [0.4, 0.5) is 5.69 Å². The van der Waals surface area contributed by atoms with Gasteiger partial charge in [0.05, 0.1) is 0 Å². The minimum Gasteiger partial charge on any atom is -0.425 e. The number of fused-ring (bicyclic) bond motifs is 7. The van der Waals surface area contributed by atoms with Crippen molar-refractivity contribution in [2.45, 2.75) is 29.8 Å². The van der Waals surface area contributed by atoms with Crippen molar-refractivity contribution in [2.24, 2.45) is 0 Å². The number of hydrogen-bond donors (Lipinski definition) is 1. The Balaban J connectivity index is 1.63. The lowest BCUT2D eigenvalue weighted by molar-refractivity contribution is -0.147. The summed E-state index contributed by atoms with van der Waals surface area (Å²) in [5.74, 6) is 1.41. The maximum absolute atomic E-state index is 14.2. The van der Waals surface area contributed by atoms with E-state index in [4.69, 9.17) is 4.74 Å². The van der Waals surface area contributed by atoms with Gasteiger partial charge in [-0.3, -0.25) is 14.5 Å². The molecule has 1 N–H and O–H groups in total. The molecule has 2 saturated heterocycles. The summed E-state index contributed by atoms with van der Waals surface area (Å²) in [4.78, 5) is 30.7. The van der Waals surface area contributed by atoms with Gasteiger partial charge in [0.25, 0.3) is 5.91 Å². The molecule has 0 unspecified atom stereocenters. The number of esters is 1. The minimum atomic E-state index is -1.18. The van der Waals surface area contributed by atoms with Gasteiger partial charge in [0.15, 0.2) is 5.54 Å². The zero-order valence-electron chi connectivity index (χ0n) is 18.1. The van der Waals surface area contributed by atoms with Crippen molar-refractivity contribution >= 4 is 29.3 Å². The molecule has 4 heterocycles. The summed E-state index contributed by atoms with van der Waals surface area (Å²) in [6.45, 7) is 2.06. The molecular weight excluding hydrogens is 432 g/mol. The van der Waals surface area contributed by atoms with E-state index in [2.05, 4.69) is 41.4 Å². The third kappa shape index (κ3) is 2.10. The van der Waals surface area contributed by atoms with Gasteiger partial charge in [0, 0.05) is 40.4 Å². The highest BCUT2D eigenvalue weighted by molar-refractivity contribution is 7.99. The maximum Gasteiger partial charge on any atom is 0.325 e. The highest BCUT2D eigenvalue weighted by atomic mass is 32.2. The topological polar surface area (TPSA) is 58.6 Å². The monoisotopic (exact) mass is 454 g/mol. The van der Waals surface area contributed by atoms with Gasteiger partial charge in [0.2, 0.25) is 0 Å². The number of rotatable bonds is 1. The van der Waals surface area contributed by atoms with Gasteiger partial charge in [-0.2, -0.15) is 0 Å². The van der Waals surface area contributed by atoms with E-state index in [0.29, 0.717) is 11.6 Å². The van der Waals surface area contributed by atoms with Crippen LogP contribution in [-0.4, -0.2) is 34.4 Å². The summed E-state index contributed by atoms with van der Waals surface area (Å²) >= 11 is 1.82. The molecule has 0 radical (unpaired) electrons. The molecule has 0 aromatic heterocycles. The first-order chi connectivity index (χ1) is 16.1. The van der Waals surface area contributed by atoms with Crippen LogP contribution in [-0.2, 0) is 20.5 Å². The van der Waals surface area contributed by atoms with Crippen LogP contribution in [0.2, 0.25) is 0 Å². The van der Waals surface area contributed by atoms with Crippen LogP contribution >= 0.6 is 11.8 Å². The molecule has 5 nitrogen and oxygen atoms in total. The molecule has 4 aliphatic heterocycles. The minimum absolute atomic E-state index is 0.0216. The molecule has 0 saturated carbocycles. The average molecular weight is 455 g/mol.